The van der Waals surface area contributed by atoms with Gasteiger partial charge in [0.1, 0.15) is 12.2 Å². The molecule has 1 aromatic carbocycles. The second kappa shape index (κ2) is 3.95. The van der Waals surface area contributed by atoms with Crippen molar-refractivity contribution in [3.63, 3.8) is 0 Å². The summed E-state index contributed by atoms with van der Waals surface area (Å²) in [5, 5.41) is 9.69. The summed E-state index contributed by atoms with van der Waals surface area (Å²) in [6, 6.07) is 8.07. The second-order valence-electron chi connectivity index (χ2n) is 3.47. The van der Waals surface area contributed by atoms with E-state index in [1.54, 1.807) is 0 Å². The Morgan fingerprint density at radius 1 is 1.50 bits per heavy atom. The van der Waals surface area contributed by atoms with E-state index in [1.807, 2.05) is 18.2 Å². The van der Waals surface area contributed by atoms with Gasteiger partial charge in [-0.05, 0) is 17.5 Å². The number of ether oxygens (including phenoxy) is 1. The van der Waals surface area contributed by atoms with Gasteiger partial charge < -0.3 is 9.84 Å². The predicted molar refractivity (Wildman–Crippen MR) is 55.0 cm³/mol. The van der Waals surface area contributed by atoms with Gasteiger partial charge in [0, 0.05) is 0 Å². The third kappa shape index (κ3) is 1.59. The van der Waals surface area contributed by atoms with E-state index >= 15 is 0 Å². The minimum atomic E-state index is -0.614. The first kappa shape index (κ1) is 9.44. The average Bonchev–Trinajstić information content (AvgIpc) is 2.27. The molecular formula is C12H14O2. The molecule has 1 aromatic rings. The first-order chi connectivity index (χ1) is 6.83. The highest BCUT2D eigenvalue weighted by molar-refractivity contribution is 5.32. The molecule has 0 aromatic heterocycles. The maximum absolute atomic E-state index is 9.69. The molecule has 0 saturated heterocycles. The normalized spacial score (nSPS) is 22.5. The molecule has 0 fully saturated rings. The highest BCUT2D eigenvalue weighted by Crippen LogP contribution is 2.29. The summed E-state index contributed by atoms with van der Waals surface area (Å²) < 4.78 is 5.54. The number of aliphatic hydroxyl groups excluding tert-OH is 1. The summed E-state index contributed by atoms with van der Waals surface area (Å²) >= 11 is 0. The molecule has 1 aliphatic heterocycles. The molecule has 0 spiro atoms. The minimum Gasteiger partial charge on any atom is -0.386 e. The van der Waals surface area contributed by atoms with Crippen LogP contribution < -0.4 is 0 Å². The van der Waals surface area contributed by atoms with Gasteiger partial charge in [-0.15, -0.1) is 6.58 Å². The highest BCUT2D eigenvalue weighted by Gasteiger charge is 2.25. The Kier molecular flexibility index (Phi) is 2.66. The van der Waals surface area contributed by atoms with Crippen LogP contribution in [0.2, 0.25) is 0 Å². The maximum Gasteiger partial charge on any atom is 0.112 e. The van der Waals surface area contributed by atoms with Gasteiger partial charge in [-0.3, -0.25) is 0 Å². The summed E-state index contributed by atoms with van der Waals surface area (Å²) in [4.78, 5) is 0. The van der Waals surface area contributed by atoms with Crippen molar-refractivity contribution in [3.8, 4) is 0 Å². The van der Waals surface area contributed by atoms with Crippen LogP contribution in [0.1, 0.15) is 17.2 Å². The van der Waals surface area contributed by atoms with Gasteiger partial charge in [-0.2, -0.15) is 0 Å². The third-order valence-electron chi connectivity index (χ3n) is 2.58. The van der Waals surface area contributed by atoms with Gasteiger partial charge in [-0.25, -0.2) is 0 Å². The lowest BCUT2D eigenvalue weighted by Crippen LogP contribution is -2.25. The van der Waals surface area contributed by atoms with Crippen molar-refractivity contribution in [1.82, 2.24) is 0 Å². The molecule has 14 heavy (non-hydrogen) atoms. The monoisotopic (exact) mass is 190 g/mol. The Labute approximate surface area is 83.8 Å². The Hall–Kier alpha value is -1.12. The summed E-state index contributed by atoms with van der Waals surface area (Å²) in [5.41, 5.74) is 2.36. The standard InChI is InChI=1S/C12H14O2/c1-2-11(13)12-10-6-4-3-5-9(10)7-8-14-12/h2-6,11-13H,1,7-8H2. The number of fused-ring (bicyclic) bond motifs is 1. The first-order valence-corrected chi connectivity index (χ1v) is 4.83. The molecular weight excluding hydrogens is 176 g/mol. The van der Waals surface area contributed by atoms with Gasteiger partial charge in [0.15, 0.2) is 0 Å². The zero-order valence-corrected chi connectivity index (χ0v) is 8.02. The molecule has 1 aliphatic rings. The van der Waals surface area contributed by atoms with Gasteiger partial charge in [0.25, 0.3) is 0 Å². The lowest BCUT2D eigenvalue weighted by molar-refractivity contribution is -0.0268. The van der Waals surface area contributed by atoms with E-state index < -0.39 is 6.10 Å². The quantitative estimate of drug-likeness (QED) is 0.721. The smallest absolute Gasteiger partial charge is 0.112 e. The van der Waals surface area contributed by atoms with E-state index in [0.29, 0.717) is 6.61 Å². The molecule has 0 radical (unpaired) electrons. The molecule has 2 nitrogen and oxygen atoms in total. The molecule has 0 saturated carbocycles. The first-order valence-electron chi connectivity index (χ1n) is 4.83. The fourth-order valence-electron chi connectivity index (χ4n) is 1.83. The average molecular weight is 190 g/mol. The fraction of sp³-hybridized carbons (Fsp3) is 0.333. The van der Waals surface area contributed by atoms with E-state index in [2.05, 4.69) is 12.6 Å². The summed E-state index contributed by atoms with van der Waals surface area (Å²) in [6.45, 7) is 4.25. The zero-order valence-electron chi connectivity index (χ0n) is 8.02. The summed E-state index contributed by atoms with van der Waals surface area (Å²) in [5.74, 6) is 0. The van der Waals surface area contributed by atoms with Crippen LogP contribution in [0.4, 0.5) is 0 Å². The summed E-state index contributed by atoms with van der Waals surface area (Å²) in [7, 11) is 0. The Morgan fingerprint density at radius 3 is 3.07 bits per heavy atom. The van der Waals surface area contributed by atoms with Crippen molar-refractivity contribution < 1.29 is 9.84 Å². The van der Waals surface area contributed by atoms with E-state index in [9.17, 15) is 5.11 Å². The Bertz CT molecular complexity index is 333. The topological polar surface area (TPSA) is 29.5 Å². The van der Waals surface area contributed by atoms with Crippen LogP contribution >= 0.6 is 0 Å². The molecule has 2 rings (SSSR count). The van der Waals surface area contributed by atoms with Crippen LogP contribution in [0.3, 0.4) is 0 Å². The van der Waals surface area contributed by atoms with Crippen LogP contribution in [0.15, 0.2) is 36.9 Å². The largest absolute Gasteiger partial charge is 0.386 e. The van der Waals surface area contributed by atoms with Gasteiger partial charge in [-0.1, -0.05) is 30.3 Å². The van der Waals surface area contributed by atoms with E-state index in [-0.39, 0.29) is 6.10 Å². The lowest BCUT2D eigenvalue weighted by atomic mass is 9.94. The van der Waals surface area contributed by atoms with Crippen molar-refractivity contribution in [2.45, 2.75) is 18.6 Å². The SMILES string of the molecule is C=CC(O)C1OCCc2ccccc21. The van der Waals surface area contributed by atoms with E-state index in [1.165, 1.54) is 11.6 Å². The second-order valence-corrected chi connectivity index (χ2v) is 3.47. The molecule has 2 atom stereocenters. The molecule has 1 heterocycles. The van der Waals surface area contributed by atoms with E-state index in [4.69, 9.17) is 4.74 Å². The van der Waals surface area contributed by atoms with Gasteiger partial charge in [0.05, 0.1) is 6.61 Å². The fourth-order valence-corrected chi connectivity index (χ4v) is 1.83. The number of rotatable bonds is 2. The van der Waals surface area contributed by atoms with Crippen LogP contribution in [-0.2, 0) is 11.2 Å². The molecule has 1 N–H and O–H groups in total. The molecule has 0 aliphatic carbocycles. The van der Waals surface area contributed by atoms with Gasteiger partial charge in [0.2, 0.25) is 0 Å². The maximum atomic E-state index is 9.69. The van der Waals surface area contributed by atoms with Crippen LogP contribution in [0.25, 0.3) is 0 Å². The van der Waals surface area contributed by atoms with Crippen LogP contribution in [0, 0.1) is 0 Å². The molecule has 0 amide bonds. The minimum absolute atomic E-state index is 0.238. The molecule has 2 unspecified atom stereocenters. The van der Waals surface area contributed by atoms with Crippen molar-refractivity contribution in [2.75, 3.05) is 6.61 Å². The number of hydrogen-bond donors (Lipinski definition) is 1. The lowest BCUT2D eigenvalue weighted by Gasteiger charge is -2.28. The van der Waals surface area contributed by atoms with Crippen molar-refractivity contribution in [1.29, 1.82) is 0 Å². The number of benzene rings is 1. The highest BCUT2D eigenvalue weighted by atomic mass is 16.5. The molecule has 0 bridgehead atoms. The number of hydrogen-bond acceptors (Lipinski definition) is 2. The van der Waals surface area contributed by atoms with Crippen molar-refractivity contribution in [2.24, 2.45) is 0 Å². The van der Waals surface area contributed by atoms with Gasteiger partial charge >= 0.3 is 0 Å². The van der Waals surface area contributed by atoms with Crippen LogP contribution in [0.5, 0.6) is 0 Å². The Balaban J connectivity index is 2.35. The van der Waals surface area contributed by atoms with Crippen LogP contribution in [-0.4, -0.2) is 17.8 Å². The third-order valence-corrected chi connectivity index (χ3v) is 2.58. The Morgan fingerprint density at radius 2 is 2.29 bits per heavy atom. The van der Waals surface area contributed by atoms with E-state index in [0.717, 1.165) is 12.0 Å². The van der Waals surface area contributed by atoms with Crippen molar-refractivity contribution in [3.05, 3.63) is 48.0 Å². The zero-order chi connectivity index (χ0) is 9.97. The number of aliphatic hydroxyl groups is 1. The molecule has 74 valence electrons. The van der Waals surface area contributed by atoms with Crippen molar-refractivity contribution >= 4 is 0 Å². The predicted octanol–water partition coefficient (Wildman–Crippen LogP) is 1.85. The summed E-state index contributed by atoms with van der Waals surface area (Å²) in [6.07, 6.45) is 1.59. The molecule has 2 heteroatoms.